The number of aryl methyl sites for hydroxylation is 2. The predicted molar refractivity (Wildman–Crippen MR) is 111 cm³/mol. The van der Waals surface area contributed by atoms with Crippen LogP contribution >= 0.6 is 0 Å². The van der Waals surface area contributed by atoms with E-state index in [4.69, 9.17) is 0 Å². The van der Waals surface area contributed by atoms with Gasteiger partial charge in [-0.1, -0.05) is 6.07 Å². The molecule has 1 aliphatic heterocycles. The molecule has 1 fully saturated rings. The van der Waals surface area contributed by atoms with Crippen molar-refractivity contribution >= 4 is 11.7 Å². The summed E-state index contributed by atoms with van der Waals surface area (Å²) in [6, 6.07) is 4.45. The van der Waals surface area contributed by atoms with Gasteiger partial charge in [0, 0.05) is 43.6 Å². The number of amides is 1. The standard InChI is InChI=1S/C21H30N6O/c1-14-7-8-17(22-11-14)12-26(6)21(28)19-23-16(3)15(2)20(24-19)27-10-9-18(13-27)25(4)5/h7-8,11,18H,9-10,12-13H2,1-6H3/t18-/m1/s1. The molecule has 7 heteroatoms. The summed E-state index contributed by atoms with van der Waals surface area (Å²) < 4.78 is 0. The largest absolute Gasteiger partial charge is 0.355 e. The maximum atomic E-state index is 13.0. The third-order valence-electron chi connectivity index (χ3n) is 5.47. The summed E-state index contributed by atoms with van der Waals surface area (Å²) in [5.74, 6) is 0.943. The summed E-state index contributed by atoms with van der Waals surface area (Å²) in [6.07, 6.45) is 2.91. The van der Waals surface area contributed by atoms with Crippen LogP contribution in [0.5, 0.6) is 0 Å². The summed E-state index contributed by atoms with van der Waals surface area (Å²) in [4.78, 5) is 32.6. The fourth-order valence-electron chi connectivity index (χ4n) is 3.45. The van der Waals surface area contributed by atoms with E-state index < -0.39 is 0 Å². The molecule has 2 aromatic heterocycles. The minimum atomic E-state index is -0.185. The molecule has 28 heavy (non-hydrogen) atoms. The molecule has 1 aliphatic rings. The van der Waals surface area contributed by atoms with Gasteiger partial charge < -0.3 is 14.7 Å². The third kappa shape index (κ3) is 4.30. The van der Waals surface area contributed by atoms with Crippen LogP contribution in [-0.4, -0.2) is 70.9 Å². The van der Waals surface area contributed by atoms with E-state index in [1.54, 1.807) is 11.9 Å². The molecule has 3 rings (SSSR count). The van der Waals surface area contributed by atoms with Gasteiger partial charge in [-0.25, -0.2) is 9.97 Å². The monoisotopic (exact) mass is 382 g/mol. The Morgan fingerprint density at radius 3 is 2.54 bits per heavy atom. The summed E-state index contributed by atoms with van der Waals surface area (Å²) in [7, 11) is 5.98. The van der Waals surface area contributed by atoms with Crippen LogP contribution in [-0.2, 0) is 6.54 Å². The van der Waals surface area contributed by atoms with Crippen molar-refractivity contribution in [1.29, 1.82) is 0 Å². The van der Waals surface area contributed by atoms with E-state index in [1.807, 2.05) is 39.1 Å². The first-order chi connectivity index (χ1) is 13.3. The first kappa shape index (κ1) is 20.2. The van der Waals surface area contributed by atoms with Crippen molar-refractivity contribution in [3.8, 4) is 0 Å². The number of pyridine rings is 1. The highest BCUT2D eigenvalue weighted by Gasteiger charge is 2.28. The molecule has 0 unspecified atom stereocenters. The van der Waals surface area contributed by atoms with Crippen molar-refractivity contribution in [2.75, 3.05) is 39.1 Å². The molecule has 2 aromatic rings. The van der Waals surface area contributed by atoms with Crippen LogP contribution in [0.4, 0.5) is 5.82 Å². The van der Waals surface area contributed by atoms with Crippen molar-refractivity contribution in [3.63, 3.8) is 0 Å². The van der Waals surface area contributed by atoms with E-state index in [1.165, 1.54) is 0 Å². The summed E-state index contributed by atoms with van der Waals surface area (Å²) in [5.41, 5.74) is 3.84. The highest BCUT2D eigenvalue weighted by Crippen LogP contribution is 2.25. The fraction of sp³-hybridized carbons (Fsp3) is 0.524. The molecule has 0 bridgehead atoms. The Hall–Kier alpha value is -2.54. The Balaban J connectivity index is 1.80. The van der Waals surface area contributed by atoms with Gasteiger partial charge in [-0.2, -0.15) is 0 Å². The topological polar surface area (TPSA) is 65.5 Å². The summed E-state index contributed by atoms with van der Waals surface area (Å²) >= 11 is 0. The highest BCUT2D eigenvalue weighted by atomic mass is 16.2. The molecule has 1 atom stereocenters. The van der Waals surface area contributed by atoms with Crippen molar-refractivity contribution < 1.29 is 4.79 Å². The van der Waals surface area contributed by atoms with Crippen LogP contribution in [0.1, 0.15) is 39.6 Å². The van der Waals surface area contributed by atoms with Crippen molar-refractivity contribution in [2.45, 2.75) is 39.8 Å². The van der Waals surface area contributed by atoms with E-state index in [-0.39, 0.29) is 11.7 Å². The Bertz CT molecular complexity index is 849. The molecule has 0 aliphatic carbocycles. The van der Waals surface area contributed by atoms with Crippen molar-refractivity contribution in [3.05, 3.63) is 46.7 Å². The molecule has 1 saturated heterocycles. The number of carbonyl (C=O) groups excluding carboxylic acids is 1. The van der Waals surface area contributed by atoms with Crippen LogP contribution < -0.4 is 4.90 Å². The lowest BCUT2D eigenvalue weighted by molar-refractivity contribution is 0.0771. The first-order valence-electron chi connectivity index (χ1n) is 9.70. The number of likely N-dealkylation sites (N-methyl/N-ethyl adjacent to an activating group) is 1. The van der Waals surface area contributed by atoms with E-state index in [0.29, 0.717) is 12.6 Å². The average Bonchev–Trinajstić information content (AvgIpc) is 3.15. The predicted octanol–water partition coefficient (Wildman–Crippen LogP) is 2.21. The van der Waals surface area contributed by atoms with Crippen LogP contribution in [0, 0.1) is 20.8 Å². The van der Waals surface area contributed by atoms with Gasteiger partial charge in [0.25, 0.3) is 5.91 Å². The maximum absolute atomic E-state index is 13.0. The smallest absolute Gasteiger partial charge is 0.291 e. The van der Waals surface area contributed by atoms with Gasteiger partial charge in [0.1, 0.15) is 5.82 Å². The number of carbonyl (C=O) groups is 1. The molecule has 150 valence electrons. The average molecular weight is 383 g/mol. The van der Waals surface area contributed by atoms with Gasteiger partial charge in [-0.3, -0.25) is 9.78 Å². The second kappa shape index (κ2) is 8.22. The number of hydrogen-bond acceptors (Lipinski definition) is 6. The Morgan fingerprint density at radius 1 is 1.18 bits per heavy atom. The lowest BCUT2D eigenvalue weighted by Gasteiger charge is -2.24. The van der Waals surface area contributed by atoms with E-state index >= 15 is 0 Å². The van der Waals surface area contributed by atoms with Crippen LogP contribution in [0.15, 0.2) is 18.3 Å². The van der Waals surface area contributed by atoms with E-state index in [9.17, 15) is 4.79 Å². The number of anilines is 1. The molecule has 0 spiro atoms. The van der Waals surface area contributed by atoms with Gasteiger partial charge in [-0.05, 0) is 52.9 Å². The van der Waals surface area contributed by atoms with Crippen LogP contribution in [0.3, 0.4) is 0 Å². The van der Waals surface area contributed by atoms with Crippen LogP contribution in [0.25, 0.3) is 0 Å². The molecule has 0 saturated carbocycles. The molecule has 3 heterocycles. The minimum Gasteiger partial charge on any atom is -0.355 e. The number of hydrogen-bond donors (Lipinski definition) is 0. The second-order valence-electron chi connectivity index (χ2n) is 7.92. The molecule has 0 N–H and O–H groups in total. The van der Waals surface area contributed by atoms with E-state index in [0.717, 1.165) is 47.8 Å². The van der Waals surface area contributed by atoms with Crippen LogP contribution in [0.2, 0.25) is 0 Å². The maximum Gasteiger partial charge on any atom is 0.291 e. The molecular weight excluding hydrogens is 352 g/mol. The normalized spacial score (nSPS) is 16.7. The second-order valence-corrected chi connectivity index (χ2v) is 7.92. The fourth-order valence-corrected chi connectivity index (χ4v) is 3.45. The molecule has 0 aromatic carbocycles. The highest BCUT2D eigenvalue weighted by molar-refractivity contribution is 5.90. The lowest BCUT2D eigenvalue weighted by atomic mass is 10.2. The van der Waals surface area contributed by atoms with E-state index in [2.05, 4.69) is 38.8 Å². The number of nitrogens with zero attached hydrogens (tertiary/aromatic N) is 6. The van der Waals surface area contributed by atoms with Gasteiger partial charge in [-0.15, -0.1) is 0 Å². The number of aromatic nitrogens is 3. The summed E-state index contributed by atoms with van der Waals surface area (Å²) in [6.45, 7) is 8.25. The molecule has 1 amide bonds. The SMILES string of the molecule is Cc1ccc(CN(C)C(=O)c2nc(C)c(C)c(N3CC[C@@H](N(C)C)C3)n2)nc1. The zero-order chi connectivity index (χ0) is 20.4. The zero-order valence-electron chi connectivity index (χ0n) is 17.7. The first-order valence-corrected chi connectivity index (χ1v) is 9.70. The molecular formula is C21H30N6O. The number of rotatable bonds is 5. The van der Waals surface area contributed by atoms with Gasteiger partial charge in [0.05, 0.1) is 12.2 Å². The third-order valence-corrected chi connectivity index (χ3v) is 5.47. The quantitative estimate of drug-likeness (QED) is 0.790. The lowest BCUT2D eigenvalue weighted by Crippen LogP contribution is -2.33. The molecule has 0 radical (unpaired) electrons. The van der Waals surface area contributed by atoms with Crippen molar-refractivity contribution in [2.24, 2.45) is 0 Å². The van der Waals surface area contributed by atoms with Gasteiger partial charge >= 0.3 is 0 Å². The minimum absolute atomic E-state index is 0.185. The Kier molecular flexibility index (Phi) is 5.93. The Labute approximate surface area is 167 Å². The zero-order valence-corrected chi connectivity index (χ0v) is 17.7. The molecule has 7 nitrogen and oxygen atoms in total. The Morgan fingerprint density at radius 2 is 1.93 bits per heavy atom. The van der Waals surface area contributed by atoms with Gasteiger partial charge in [0.15, 0.2) is 0 Å². The summed E-state index contributed by atoms with van der Waals surface area (Å²) in [5, 5.41) is 0. The van der Waals surface area contributed by atoms with Gasteiger partial charge in [0.2, 0.25) is 5.82 Å². The van der Waals surface area contributed by atoms with Crippen molar-refractivity contribution in [1.82, 2.24) is 24.8 Å².